The summed E-state index contributed by atoms with van der Waals surface area (Å²) in [4.78, 5) is 0. The van der Waals surface area contributed by atoms with E-state index in [4.69, 9.17) is 0 Å². The number of allylic oxidation sites excluding steroid dienone is 2. The second kappa shape index (κ2) is 15.5. The van der Waals surface area contributed by atoms with Crippen molar-refractivity contribution in [1.82, 2.24) is 0 Å². The normalized spacial score (nSPS) is 14.6. The van der Waals surface area contributed by atoms with Gasteiger partial charge in [-0.3, -0.25) is 0 Å². The van der Waals surface area contributed by atoms with Crippen LogP contribution >= 0.6 is 7.68 Å². The Labute approximate surface area is 170 Å². The van der Waals surface area contributed by atoms with Gasteiger partial charge in [-0.2, -0.15) is 0 Å². The largest absolute Gasteiger partial charge is 0.378 e. The molecule has 0 N–H and O–H groups in total. The summed E-state index contributed by atoms with van der Waals surface area (Å²) in [7, 11) is 3.62. The summed E-state index contributed by atoms with van der Waals surface area (Å²) in [5.74, 6) is 0. The number of rotatable bonds is 18. The van der Waals surface area contributed by atoms with Gasteiger partial charge in [0.2, 0.25) is 5.28 Å². The lowest BCUT2D eigenvalue weighted by molar-refractivity contribution is -0.908. The number of hydrogen-bond acceptors (Lipinski definition) is 2. The molecule has 0 aliphatic rings. The lowest BCUT2D eigenvalue weighted by Crippen LogP contribution is -2.53. The molecule has 0 heterocycles. The lowest BCUT2D eigenvalue weighted by Gasteiger charge is -2.40. The van der Waals surface area contributed by atoms with Gasteiger partial charge in [0, 0.05) is 12.8 Å². The topological polar surface area (TPSA) is 34.1 Å². The molecule has 0 rings (SSSR count). The highest BCUT2D eigenvalue weighted by molar-refractivity contribution is 7.32. The first-order valence-electron chi connectivity index (χ1n) is 11.4. The van der Waals surface area contributed by atoms with Crippen LogP contribution in [0.5, 0.6) is 0 Å². The molecule has 0 aliphatic heterocycles. The number of nitrogens with zero attached hydrogens (tertiary/aromatic N) is 1. The van der Waals surface area contributed by atoms with Gasteiger partial charge in [-0.05, 0) is 25.7 Å². The Hall–Kier alpha value is -0.400. The Morgan fingerprint density at radius 2 is 1.15 bits per heavy atom. The molecule has 0 spiro atoms. The molecule has 0 saturated heterocycles. The van der Waals surface area contributed by atoms with E-state index in [-0.39, 0.29) is 0 Å². The Balaban J connectivity index is 3.68. The molecule has 0 aromatic rings. The van der Waals surface area contributed by atoms with Crippen LogP contribution in [0.4, 0.5) is 0 Å². The third-order valence-electron chi connectivity index (χ3n) is 5.99. The lowest BCUT2D eigenvalue weighted by atomic mass is 10.0. The summed E-state index contributed by atoms with van der Waals surface area (Å²) in [6.07, 6.45) is 22.8. The molecule has 0 aromatic heterocycles. The minimum absolute atomic E-state index is 0.510. The van der Waals surface area contributed by atoms with Crippen LogP contribution in [-0.2, 0) is 9.13 Å². The van der Waals surface area contributed by atoms with Crippen molar-refractivity contribution in [3.63, 3.8) is 0 Å². The molecule has 0 bridgehead atoms. The minimum Gasteiger partial charge on any atom is -0.314 e. The van der Waals surface area contributed by atoms with Crippen LogP contribution in [0, 0.1) is 0 Å². The average molecular weight is 401 g/mol. The van der Waals surface area contributed by atoms with E-state index >= 15 is 0 Å². The van der Waals surface area contributed by atoms with E-state index in [1.807, 2.05) is 28.1 Å². The number of unbranched alkanes of at least 4 members (excludes halogenated alkanes) is 11. The smallest absolute Gasteiger partial charge is 0.314 e. The quantitative estimate of drug-likeness (QED) is 0.101. The highest BCUT2D eigenvalue weighted by Gasteiger charge is 2.46. The fourth-order valence-corrected chi connectivity index (χ4v) is 5.01. The number of hydrogen-bond donors (Lipinski definition) is 0. The summed E-state index contributed by atoms with van der Waals surface area (Å²) in [6.45, 7) is 4.25. The van der Waals surface area contributed by atoms with Crippen LogP contribution in [0.1, 0.15) is 110 Å². The van der Waals surface area contributed by atoms with Crippen molar-refractivity contribution in [2.45, 2.75) is 115 Å². The molecule has 0 saturated carbocycles. The maximum absolute atomic E-state index is 11.9. The average Bonchev–Trinajstić information content (AvgIpc) is 2.60. The summed E-state index contributed by atoms with van der Waals surface area (Å²) in [6, 6.07) is 0. The molecule has 160 valence electrons. The zero-order chi connectivity index (χ0) is 20.6. The van der Waals surface area contributed by atoms with Gasteiger partial charge in [-0.1, -0.05) is 83.8 Å². The summed E-state index contributed by atoms with van der Waals surface area (Å²) in [5, 5.41) is -0.597. The first kappa shape index (κ1) is 26.6. The third kappa shape index (κ3) is 11.3. The Kier molecular flexibility index (Phi) is 15.3. The standard InChI is InChI=1S/C23H47NO2P/c1-6-8-9-10-11-12-13-14-15-16-17-18-19-20-21-22-23(7-2,27(25)26)24(3,4)5/h10-11H,6-9,12-22H2,1-5H3/q+1. The van der Waals surface area contributed by atoms with Crippen LogP contribution in [0.3, 0.4) is 0 Å². The third-order valence-corrected chi connectivity index (χ3v) is 7.81. The van der Waals surface area contributed by atoms with Gasteiger partial charge in [0.15, 0.2) is 0 Å². The Bertz CT molecular complexity index is 444. The molecular weight excluding hydrogens is 353 g/mol. The molecule has 27 heavy (non-hydrogen) atoms. The van der Waals surface area contributed by atoms with Gasteiger partial charge in [0.1, 0.15) is 0 Å². The van der Waals surface area contributed by atoms with Crippen molar-refractivity contribution in [1.29, 1.82) is 0 Å². The van der Waals surface area contributed by atoms with Crippen LogP contribution < -0.4 is 0 Å². The maximum Gasteiger partial charge on any atom is 0.378 e. The van der Waals surface area contributed by atoms with Gasteiger partial charge in [-0.15, -0.1) is 0 Å². The van der Waals surface area contributed by atoms with Crippen LogP contribution in [0.15, 0.2) is 12.2 Å². The van der Waals surface area contributed by atoms with E-state index < -0.39 is 13.0 Å². The molecule has 0 fully saturated rings. The minimum atomic E-state index is -2.41. The van der Waals surface area contributed by atoms with Crippen molar-refractivity contribution < 1.29 is 13.6 Å². The van der Waals surface area contributed by atoms with E-state index in [2.05, 4.69) is 19.1 Å². The first-order chi connectivity index (χ1) is 12.8. The molecule has 0 radical (unpaired) electrons. The molecule has 0 amide bonds. The number of quaternary nitrogens is 1. The van der Waals surface area contributed by atoms with Gasteiger partial charge in [-0.25, -0.2) is 9.13 Å². The predicted molar refractivity (Wildman–Crippen MR) is 119 cm³/mol. The van der Waals surface area contributed by atoms with Crippen LogP contribution in [-0.4, -0.2) is 30.9 Å². The van der Waals surface area contributed by atoms with Crippen molar-refractivity contribution in [3.8, 4) is 0 Å². The molecule has 0 aliphatic carbocycles. The summed E-state index contributed by atoms with van der Waals surface area (Å²) >= 11 is 0. The van der Waals surface area contributed by atoms with Crippen molar-refractivity contribution in [2.75, 3.05) is 21.1 Å². The second-order valence-electron chi connectivity index (χ2n) is 8.94. The van der Waals surface area contributed by atoms with Crippen LogP contribution in [0.25, 0.3) is 0 Å². The fraction of sp³-hybridized carbons (Fsp3) is 0.913. The van der Waals surface area contributed by atoms with Crippen LogP contribution in [0.2, 0.25) is 0 Å². The molecule has 3 nitrogen and oxygen atoms in total. The van der Waals surface area contributed by atoms with Gasteiger partial charge >= 0.3 is 7.68 Å². The monoisotopic (exact) mass is 400 g/mol. The fourth-order valence-electron chi connectivity index (χ4n) is 3.92. The van der Waals surface area contributed by atoms with Gasteiger partial charge < -0.3 is 4.48 Å². The van der Waals surface area contributed by atoms with E-state index in [9.17, 15) is 9.13 Å². The molecule has 1 atom stereocenters. The van der Waals surface area contributed by atoms with E-state index in [0.717, 1.165) is 19.3 Å². The molecule has 4 heteroatoms. The van der Waals surface area contributed by atoms with E-state index in [0.29, 0.717) is 10.9 Å². The first-order valence-corrected chi connectivity index (χ1v) is 12.6. The molecule has 1 unspecified atom stereocenters. The van der Waals surface area contributed by atoms with Gasteiger partial charge in [0.05, 0.1) is 21.1 Å². The SMILES string of the molecule is CCCCC=CCCCCCCCCCCCC(CC)(P(=O)=O)[N+](C)(C)C. The van der Waals surface area contributed by atoms with Gasteiger partial charge in [0.25, 0.3) is 0 Å². The highest BCUT2D eigenvalue weighted by Crippen LogP contribution is 2.43. The predicted octanol–water partition coefficient (Wildman–Crippen LogP) is 8.01. The van der Waals surface area contributed by atoms with Crippen molar-refractivity contribution >= 4 is 7.68 Å². The van der Waals surface area contributed by atoms with E-state index in [1.165, 1.54) is 70.6 Å². The van der Waals surface area contributed by atoms with E-state index in [1.54, 1.807) is 0 Å². The summed E-state index contributed by atoms with van der Waals surface area (Å²) in [5.41, 5.74) is 0. The Morgan fingerprint density at radius 3 is 1.56 bits per heavy atom. The zero-order valence-corrected chi connectivity index (χ0v) is 19.9. The van der Waals surface area contributed by atoms with Crippen molar-refractivity contribution in [3.05, 3.63) is 12.2 Å². The zero-order valence-electron chi connectivity index (χ0n) is 19.0. The van der Waals surface area contributed by atoms with Crippen molar-refractivity contribution in [2.24, 2.45) is 0 Å². The Morgan fingerprint density at radius 1 is 0.704 bits per heavy atom. The highest BCUT2D eigenvalue weighted by atomic mass is 31.1. The maximum atomic E-state index is 11.9. The summed E-state index contributed by atoms with van der Waals surface area (Å²) < 4.78 is 24.3. The molecular formula is C23H47NO2P+. The molecule has 0 aromatic carbocycles. The second-order valence-corrected chi connectivity index (χ2v) is 10.3.